The van der Waals surface area contributed by atoms with Gasteiger partial charge in [0.2, 0.25) is 0 Å². The minimum atomic E-state index is -0.0514. The van der Waals surface area contributed by atoms with Crippen molar-refractivity contribution in [1.29, 1.82) is 0 Å². The van der Waals surface area contributed by atoms with E-state index >= 15 is 0 Å². The highest BCUT2D eigenvalue weighted by Crippen LogP contribution is 2.29. The number of hydrogen-bond acceptors (Lipinski definition) is 4. The highest BCUT2D eigenvalue weighted by molar-refractivity contribution is 7.99. The lowest BCUT2D eigenvalue weighted by atomic mass is 10.1. The van der Waals surface area contributed by atoms with Crippen molar-refractivity contribution in [2.45, 2.75) is 44.4 Å². The van der Waals surface area contributed by atoms with Crippen molar-refractivity contribution in [3.63, 3.8) is 0 Å². The SMILES string of the molecule is CCSC1CCC(NC(=O)c2cc(N)cnc2C)C1. The Balaban J connectivity index is 1.96. The van der Waals surface area contributed by atoms with Gasteiger partial charge in [-0.25, -0.2) is 0 Å². The zero-order valence-electron chi connectivity index (χ0n) is 11.5. The van der Waals surface area contributed by atoms with Gasteiger partial charge in [-0.05, 0) is 38.0 Å². The maximum Gasteiger partial charge on any atom is 0.253 e. The van der Waals surface area contributed by atoms with Gasteiger partial charge < -0.3 is 11.1 Å². The quantitative estimate of drug-likeness (QED) is 0.888. The summed E-state index contributed by atoms with van der Waals surface area (Å²) in [5, 5.41) is 3.79. The predicted octanol–water partition coefficient (Wildman–Crippen LogP) is 2.38. The van der Waals surface area contributed by atoms with E-state index in [4.69, 9.17) is 5.73 Å². The molecular formula is C14H21N3OS. The fourth-order valence-corrected chi connectivity index (χ4v) is 3.64. The van der Waals surface area contributed by atoms with Crippen molar-refractivity contribution in [2.24, 2.45) is 0 Å². The van der Waals surface area contributed by atoms with Gasteiger partial charge in [0.05, 0.1) is 23.1 Å². The smallest absolute Gasteiger partial charge is 0.253 e. The minimum Gasteiger partial charge on any atom is -0.397 e. The van der Waals surface area contributed by atoms with Crippen molar-refractivity contribution in [3.8, 4) is 0 Å². The first kappa shape index (κ1) is 14.2. The number of amides is 1. The van der Waals surface area contributed by atoms with Gasteiger partial charge in [-0.15, -0.1) is 0 Å². The lowest BCUT2D eigenvalue weighted by Gasteiger charge is -2.14. The second-order valence-corrected chi connectivity index (χ2v) is 6.54. The van der Waals surface area contributed by atoms with Crippen LogP contribution >= 0.6 is 11.8 Å². The first-order valence-corrected chi connectivity index (χ1v) is 7.79. The van der Waals surface area contributed by atoms with E-state index in [1.807, 2.05) is 18.7 Å². The summed E-state index contributed by atoms with van der Waals surface area (Å²) in [7, 11) is 0. The molecule has 0 aliphatic heterocycles. The highest BCUT2D eigenvalue weighted by Gasteiger charge is 2.26. The molecule has 2 unspecified atom stereocenters. The molecule has 1 saturated carbocycles. The van der Waals surface area contributed by atoms with Crippen LogP contribution in [0.15, 0.2) is 12.3 Å². The Morgan fingerprint density at radius 2 is 2.37 bits per heavy atom. The number of anilines is 1. The average molecular weight is 279 g/mol. The molecule has 2 rings (SSSR count). The topological polar surface area (TPSA) is 68.0 Å². The molecule has 3 N–H and O–H groups in total. The Morgan fingerprint density at radius 3 is 3.11 bits per heavy atom. The number of thioether (sulfide) groups is 1. The van der Waals surface area contributed by atoms with Gasteiger partial charge in [-0.3, -0.25) is 9.78 Å². The lowest BCUT2D eigenvalue weighted by Crippen LogP contribution is -2.33. The standard InChI is InChI=1S/C14H21N3OS/c1-3-19-12-5-4-11(7-12)17-14(18)13-6-10(15)8-16-9(13)2/h6,8,11-12H,3-5,7,15H2,1-2H3,(H,17,18). The Labute approximate surface area is 118 Å². The van der Waals surface area contributed by atoms with Crippen LogP contribution in [0.2, 0.25) is 0 Å². The third-order valence-electron chi connectivity index (χ3n) is 3.47. The van der Waals surface area contributed by atoms with Gasteiger partial charge in [-0.2, -0.15) is 11.8 Å². The molecule has 0 bridgehead atoms. The molecule has 0 aromatic carbocycles. The number of hydrogen-bond donors (Lipinski definition) is 2. The summed E-state index contributed by atoms with van der Waals surface area (Å²) in [5.41, 5.74) is 7.53. The first-order chi connectivity index (χ1) is 9.10. The number of aryl methyl sites for hydroxylation is 1. The van der Waals surface area contributed by atoms with Crippen molar-refractivity contribution in [3.05, 3.63) is 23.5 Å². The van der Waals surface area contributed by atoms with Crippen LogP contribution in [0.25, 0.3) is 0 Å². The minimum absolute atomic E-state index is 0.0514. The molecule has 19 heavy (non-hydrogen) atoms. The Morgan fingerprint density at radius 1 is 1.58 bits per heavy atom. The molecule has 1 aliphatic rings. The van der Waals surface area contributed by atoms with Gasteiger partial charge in [0, 0.05) is 11.3 Å². The number of rotatable bonds is 4. The molecule has 4 nitrogen and oxygen atoms in total. The van der Waals surface area contributed by atoms with E-state index in [9.17, 15) is 4.79 Å². The third kappa shape index (κ3) is 3.62. The zero-order chi connectivity index (χ0) is 13.8. The summed E-state index contributed by atoms with van der Waals surface area (Å²) in [6.45, 7) is 4.01. The molecule has 1 aliphatic carbocycles. The fraction of sp³-hybridized carbons (Fsp3) is 0.571. The summed E-state index contributed by atoms with van der Waals surface area (Å²) in [6.07, 6.45) is 4.91. The van der Waals surface area contributed by atoms with Gasteiger partial charge >= 0.3 is 0 Å². The molecule has 1 amide bonds. The van der Waals surface area contributed by atoms with Crippen LogP contribution in [0.4, 0.5) is 5.69 Å². The number of carbonyl (C=O) groups is 1. The van der Waals surface area contributed by atoms with E-state index in [-0.39, 0.29) is 11.9 Å². The molecule has 1 aromatic heterocycles. The number of nitrogens with one attached hydrogen (secondary N) is 1. The number of carbonyl (C=O) groups excluding carboxylic acids is 1. The van der Waals surface area contributed by atoms with E-state index in [2.05, 4.69) is 17.2 Å². The summed E-state index contributed by atoms with van der Waals surface area (Å²) >= 11 is 1.99. The lowest BCUT2D eigenvalue weighted by molar-refractivity contribution is 0.0937. The third-order valence-corrected chi connectivity index (χ3v) is 4.71. The van der Waals surface area contributed by atoms with Crippen molar-refractivity contribution in [2.75, 3.05) is 11.5 Å². The highest BCUT2D eigenvalue weighted by atomic mass is 32.2. The van der Waals surface area contributed by atoms with Crippen LogP contribution in [0, 0.1) is 6.92 Å². The monoisotopic (exact) mass is 279 g/mol. The zero-order valence-corrected chi connectivity index (χ0v) is 12.3. The fourth-order valence-electron chi connectivity index (χ4n) is 2.50. The van der Waals surface area contributed by atoms with E-state index in [0.29, 0.717) is 16.5 Å². The van der Waals surface area contributed by atoms with Gasteiger partial charge in [0.25, 0.3) is 5.91 Å². The summed E-state index contributed by atoms with van der Waals surface area (Å²) in [5.74, 6) is 1.09. The molecule has 1 fully saturated rings. The van der Waals surface area contributed by atoms with Crippen LogP contribution in [0.3, 0.4) is 0 Å². The molecule has 5 heteroatoms. The molecule has 0 spiro atoms. The number of pyridine rings is 1. The molecule has 0 radical (unpaired) electrons. The Hall–Kier alpha value is -1.23. The number of nitrogens with two attached hydrogens (primary N) is 1. The molecule has 0 saturated heterocycles. The molecule has 2 atom stereocenters. The van der Waals surface area contributed by atoms with Gasteiger partial charge in [0.1, 0.15) is 0 Å². The van der Waals surface area contributed by atoms with Crippen LogP contribution in [-0.2, 0) is 0 Å². The maximum absolute atomic E-state index is 12.2. The summed E-state index contributed by atoms with van der Waals surface area (Å²) in [4.78, 5) is 16.4. The van der Waals surface area contributed by atoms with E-state index in [0.717, 1.165) is 24.3 Å². The number of nitrogens with zero attached hydrogens (tertiary/aromatic N) is 1. The summed E-state index contributed by atoms with van der Waals surface area (Å²) in [6, 6.07) is 1.99. The normalized spacial score (nSPS) is 22.4. The van der Waals surface area contributed by atoms with Crippen LogP contribution in [0.1, 0.15) is 42.2 Å². The van der Waals surface area contributed by atoms with E-state index < -0.39 is 0 Å². The molecule has 104 valence electrons. The largest absolute Gasteiger partial charge is 0.397 e. The predicted molar refractivity (Wildman–Crippen MR) is 80.4 cm³/mol. The van der Waals surface area contributed by atoms with Crippen LogP contribution < -0.4 is 11.1 Å². The van der Waals surface area contributed by atoms with E-state index in [1.54, 1.807) is 12.3 Å². The van der Waals surface area contributed by atoms with Crippen molar-refractivity contribution < 1.29 is 4.79 Å². The molecule has 1 aromatic rings. The Kier molecular flexibility index (Phi) is 4.69. The van der Waals surface area contributed by atoms with Gasteiger partial charge in [0.15, 0.2) is 0 Å². The molecular weight excluding hydrogens is 258 g/mol. The second kappa shape index (κ2) is 6.28. The van der Waals surface area contributed by atoms with Crippen molar-refractivity contribution in [1.82, 2.24) is 10.3 Å². The number of aromatic nitrogens is 1. The summed E-state index contributed by atoms with van der Waals surface area (Å²) < 4.78 is 0. The second-order valence-electron chi connectivity index (χ2n) is 4.96. The maximum atomic E-state index is 12.2. The molecule has 1 heterocycles. The Bertz CT molecular complexity index is 464. The van der Waals surface area contributed by atoms with Crippen LogP contribution in [-0.4, -0.2) is 27.9 Å². The van der Waals surface area contributed by atoms with Crippen LogP contribution in [0.5, 0.6) is 0 Å². The van der Waals surface area contributed by atoms with E-state index in [1.165, 1.54) is 6.42 Å². The first-order valence-electron chi connectivity index (χ1n) is 6.74. The average Bonchev–Trinajstić information content (AvgIpc) is 2.80. The van der Waals surface area contributed by atoms with Gasteiger partial charge in [-0.1, -0.05) is 6.92 Å². The number of nitrogen functional groups attached to an aromatic ring is 1. The van der Waals surface area contributed by atoms with Crippen molar-refractivity contribution >= 4 is 23.4 Å².